The fraction of sp³-hybridized carbons (Fsp3) is 0.364. The number of ether oxygens (including phenoxy) is 1. The Bertz CT molecular complexity index is 345. The molecule has 1 aromatic carbocycles. The third-order valence-corrected chi connectivity index (χ3v) is 2.64. The van der Waals surface area contributed by atoms with E-state index in [1.54, 1.807) is 6.07 Å². The summed E-state index contributed by atoms with van der Waals surface area (Å²) in [6, 6.07) is 4.93. The van der Waals surface area contributed by atoms with Gasteiger partial charge in [-0.15, -0.1) is 0 Å². The first-order valence-electron chi connectivity index (χ1n) is 4.63. The van der Waals surface area contributed by atoms with Gasteiger partial charge in [0.05, 0.1) is 7.11 Å². The number of halogens is 1. The van der Waals surface area contributed by atoms with E-state index >= 15 is 0 Å². The highest BCUT2D eigenvalue weighted by molar-refractivity contribution is 6.31. The van der Waals surface area contributed by atoms with E-state index < -0.39 is 12.0 Å². The van der Waals surface area contributed by atoms with Gasteiger partial charge in [-0.05, 0) is 30.5 Å². The Labute approximate surface area is 94.2 Å². The minimum Gasteiger partial charge on any atom is -0.468 e. The molecule has 0 saturated carbocycles. The highest BCUT2D eigenvalue weighted by Crippen LogP contribution is 2.20. The Kier molecular flexibility index (Phi) is 4.12. The third kappa shape index (κ3) is 2.94. The normalized spacial score (nSPS) is 12.3. The highest BCUT2D eigenvalue weighted by atomic mass is 35.5. The fourth-order valence-corrected chi connectivity index (χ4v) is 1.68. The second kappa shape index (κ2) is 5.14. The Morgan fingerprint density at radius 2 is 2.27 bits per heavy atom. The van der Waals surface area contributed by atoms with Gasteiger partial charge in [-0.2, -0.15) is 0 Å². The molecule has 0 saturated heterocycles. The number of carbonyl (C=O) groups is 1. The van der Waals surface area contributed by atoms with E-state index in [2.05, 4.69) is 4.74 Å². The van der Waals surface area contributed by atoms with Gasteiger partial charge in [-0.3, -0.25) is 4.79 Å². The second-order valence-corrected chi connectivity index (χ2v) is 3.78. The van der Waals surface area contributed by atoms with Gasteiger partial charge >= 0.3 is 5.97 Å². The minimum atomic E-state index is -0.659. The number of rotatable bonds is 3. The van der Waals surface area contributed by atoms with E-state index in [1.165, 1.54) is 7.11 Å². The smallest absolute Gasteiger partial charge is 0.322 e. The number of carbonyl (C=O) groups excluding carboxylic acids is 1. The van der Waals surface area contributed by atoms with Crippen molar-refractivity contribution in [2.45, 2.75) is 19.4 Å². The van der Waals surface area contributed by atoms with Crippen LogP contribution in [-0.2, 0) is 16.0 Å². The van der Waals surface area contributed by atoms with Crippen molar-refractivity contribution in [1.29, 1.82) is 0 Å². The average molecular weight is 228 g/mol. The molecule has 15 heavy (non-hydrogen) atoms. The van der Waals surface area contributed by atoms with Crippen LogP contribution < -0.4 is 5.73 Å². The van der Waals surface area contributed by atoms with Crippen molar-refractivity contribution in [3.63, 3.8) is 0 Å². The molecule has 0 aliphatic heterocycles. The second-order valence-electron chi connectivity index (χ2n) is 3.37. The van der Waals surface area contributed by atoms with Crippen LogP contribution >= 0.6 is 11.6 Å². The van der Waals surface area contributed by atoms with Crippen LogP contribution in [-0.4, -0.2) is 19.1 Å². The molecular formula is C11H14ClNO2. The van der Waals surface area contributed by atoms with E-state index in [4.69, 9.17) is 17.3 Å². The predicted molar refractivity (Wildman–Crippen MR) is 59.9 cm³/mol. The number of benzene rings is 1. The number of nitrogens with two attached hydrogens (primary N) is 1. The molecule has 2 N–H and O–H groups in total. The quantitative estimate of drug-likeness (QED) is 0.800. The van der Waals surface area contributed by atoms with Gasteiger partial charge in [-0.1, -0.05) is 23.7 Å². The Balaban J connectivity index is 2.85. The molecule has 0 spiro atoms. The molecule has 1 rings (SSSR count). The van der Waals surface area contributed by atoms with E-state index in [0.717, 1.165) is 11.1 Å². The Hall–Kier alpha value is -1.06. The summed E-state index contributed by atoms with van der Waals surface area (Å²) in [5.74, 6) is -0.422. The van der Waals surface area contributed by atoms with Crippen LogP contribution in [0.4, 0.5) is 0 Å². The lowest BCUT2D eigenvalue weighted by Crippen LogP contribution is -2.33. The first kappa shape index (κ1) is 12.0. The fourth-order valence-electron chi connectivity index (χ4n) is 1.38. The third-order valence-electron chi connectivity index (χ3n) is 2.28. The van der Waals surface area contributed by atoms with E-state index in [-0.39, 0.29) is 0 Å². The highest BCUT2D eigenvalue weighted by Gasteiger charge is 2.16. The summed E-state index contributed by atoms with van der Waals surface area (Å²) in [5, 5.41) is 0.634. The van der Waals surface area contributed by atoms with Crippen molar-refractivity contribution in [1.82, 2.24) is 0 Å². The summed E-state index contributed by atoms with van der Waals surface area (Å²) < 4.78 is 4.56. The van der Waals surface area contributed by atoms with Crippen molar-refractivity contribution in [3.8, 4) is 0 Å². The number of hydrogen-bond donors (Lipinski definition) is 1. The van der Waals surface area contributed by atoms with Gasteiger partial charge in [0.2, 0.25) is 0 Å². The lowest BCUT2D eigenvalue weighted by molar-refractivity contribution is -0.142. The van der Waals surface area contributed by atoms with Crippen LogP contribution in [0.2, 0.25) is 5.02 Å². The van der Waals surface area contributed by atoms with E-state index in [1.807, 2.05) is 19.1 Å². The molecule has 0 fully saturated rings. The molecule has 0 radical (unpaired) electrons. The van der Waals surface area contributed by atoms with Crippen molar-refractivity contribution < 1.29 is 9.53 Å². The molecule has 3 nitrogen and oxygen atoms in total. The Morgan fingerprint density at radius 3 is 2.80 bits per heavy atom. The van der Waals surface area contributed by atoms with Gasteiger partial charge in [0.25, 0.3) is 0 Å². The standard InChI is InChI=1S/C11H14ClNO2/c1-7-4-3-5-9(12)8(7)6-10(13)11(14)15-2/h3-5,10H,6,13H2,1-2H3. The summed E-state index contributed by atoms with van der Waals surface area (Å²) in [7, 11) is 1.32. The molecule has 0 aliphatic rings. The maximum absolute atomic E-state index is 11.1. The minimum absolute atomic E-state index is 0.401. The van der Waals surface area contributed by atoms with Crippen molar-refractivity contribution in [3.05, 3.63) is 34.3 Å². The molecule has 0 bridgehead atoms. The van der Waals surface area contributed by atoms with Crippen molar-refractivity contribution in [2.24, 2.45) is 5.73 Å². The maximum atomic E-state index is 11.1. The molecule has 82 valence electrons. The van der Waals surface area contributed by atoms with Gasteiger partial charge in [0.1, 0.15) is 6.04 Å². The summed E-state index contributed by atoms with van der Waals surface area (Å²) in [6.45, 7) is 1.94. The summed E-state index contributed by atoms with van der Waals surface area (Å²) in [6.07, 6.45) is 0.401. The van der Waals surface area contributed by atoms with Crippen molar-refractivity contribution in [2.75, 3.05) is 7.11 Å². The first-order chi connectivity index (χ1) is 7.06. The van der Waals surface area contributed by atoms with Crippen LogP contribution in [0.15, 0.2) is 18.2 Å². The van der Waals surface area contributed by atoms with Gasteiger partial charge in [0.15, 0.2) is 0 Å². The lowest BCUT2D eigenvalue weighted by atomic mass is 10.0. The van der Waals surface area contributed by atoms with Crippen LogP contribution in [0.5, 0.6) is 0 Å². The lowest BCUT2D eigenvalue weighted by Gasteiger charge is -2.12. The largest absolute Gasteiger partial charge is 0.468 e. The van der Waals surface area contributed by atoms with Crippen LogP contribution in [0.1, 0.15) is 11.1 Å². The monoisotopic (exact) mass is 227 g/mol. The van der Waals surface area contributed by atoms with Gasteiger partial charge in [0, 0.05) is 5.02 Å². The predicted octanol–water partition coefficient (Wildman–Crippen LogP) is 1.69. The molecule has 0 aromatic heterocycles. The van der Waals surface area contributed by atoms with Gasteiger partial charge in [-0.25, -0.2) is 0 Å². The zero-order valence-corrected chi connectivity index (χ0v) is 9.54. The molecule has 4 heteroatoms. The van der Waals surface area contributed by atoms with Gasteiger partial charge < -0.3 is 10.5 Å². The topological polar surface area (TPSA) is 52.3 Å². The zero-order chi connectivity index (χ0) is 11.4. The van der Waals surface area contributed by atoms with Crippen LogP contribution in [0.3, 0.4) is 0 Å². The number of esters is 1. The Morgan fingerprint density at radius 1 is 1.60 bits per heavy atom. The van der Waals surface area contributed by atoms with Crippen LogP contribution in [0.25, 0.3) is 0 Å². The molecular weight excluding hydrogens is 214 g/mol. The zero-order valence-electron chi connectivity index (χ0n) is 8.79. The summed E-state index contributed by atoms with van der Waals surface area (Å²) in [4.78, 5) is 11.1. The summed E-state index contributed by atoms with van der Waals surface area (Å²) >= 11 is 6.01. The molecule has 0 aliphatic carbocycles. The number of hydrogen-bond acceptors (Lipinski definition) is 3. The molecule has 0 amide bonds. The average Bonchev–Trinajstić information content (AvgIpc) is 2.22. The molecule has 1 atom stereocenters. The molecule has 0 heterocycles. The molecule has 1 aromatic rings. The first-order valence-corrected chi connectivity index (χ1v) is 5.01. The number of methoxy groups -OCH3 is 1. The number of aryl methyl sites for hydroxylation is 1. The van der Waals surface area contributed by atoms with Crippen molar-refractivity contribution >= 4 is 17.6 Å². The maximum Gasteiger partial charge on any atom is 0.322 e. The van der Waals surface area contributed by atoms with Crippen LogP contribution in [0, 0.1) is 6.92 Å². The molecule has 1 unspecified atom stereocenters. The van der Waals surface area contributed by atoms with E-state index in [9.17, 15) is 4.79 Å². The SMILES string of the molecule is COC(=O)C(N)Cc1c(C)cccc1Cl. The van der Waals surface area contributed by atoms with E-state index in [0.29, 0.717) is 11.4 Å². The summed E-state index contributed by atoms with van der Waals surface area (Å²) in [5.41, 5.74) is 7.59.